The van der Waals surface area contributed by atoms with Crippen molar-refractivity contribution < 1.29 is 13.2 Å². The summed E-state index contributed by atoms with van der Waals surface area (Å²) in [6, 6.07) is 10.9. The second-order valence-corrected chi connectivity index (χ2v) is 7.61. The second-order valence-electron chi connectivity index (χ2n) is 5.85. The first-order valence-corrected chi connectivity index (χ1v) is 9.72. The molecule has 1 amide bonds. The van der Waals surface area contributed by atoms with Gasteiger partial charge in [-0.1, -0.05) is 12.1 Å². The van der Waals surface area contributed by atoms with Gasteiger partial charge in [0.2, 0.25) is 10.0 Å². The van der Waals surface area contributed by atoms with Crippen LogP contribution in [0, 0.1) is 0 Å². The lowest BCUT2D eigenvalue weighted by molar-refractivity contribution is 0.0938. The molecular weight excluding hydrogens is 366 g/mol. The van der Waals surface area contributed by atoms with E-state index in [1.54, 1.807) is 11.3 Å². The zero-order valence-corrected chi connectivity index (χ0v) is 15.5. The van der Waals surface area contributed by atoms with Gasteiger partial charge in [-0.25, -0.2) is 13.1 Å². The molecule has 0 fully saturated rings. The summed E-state index contributed by atoms with van der Waals surface area (Å²) >= 11 is 0. The first-order chi connectivity index (χ1) is 12.9. The molecule has 0 saturated heterocycles. The Morgan fingerprint density at radius 3 is 2.67 bits per heavy atom. The van der Waals surface area contributed by atoms with Gasteiger partial charge in [-0.2, -0.15) is 0 Å². The van der Waals surface area contributed by atoms with Crippen molar-refractivity contribution in [2.45, 2.75) is 17.9 Å². The summed E-state index contributed by atoms with van der Waals surface area (Å²) in [5.41, 5.74) is 1.04. The standard InChI is InChI=1S/C18H19N5O3S/c1-3-11-19-27(25,26)15-9-7-14(8-10-15)18(24)20-13(2)17-22-21-16-6-4-5-12-23(16)17/h3-10,12-13,19H,1,11H2,2H3,(H,20,24). The van der Waals surface area contributed by atoms with Gasteiger partial charge in [0, 0.05) is 18.3 Å². The van der Waals surface area contributed by atoms with Crippen LogP contribution in [0.4, 0.5) is 0 Å². The third-order valence-electron chi connectivity index (χ3n) is 3.92. The van der Waals surface area contributed by atoms with Gasteiger partial charge in [0.15, 0.2) is 11.5 Å². The molecule has 2 N–H and O–H groups in total. The number of pyridine rings is 1. The van der Waals surface area contributed by atoms with E-state index in [-0.39, 0.29) is 23.4 Å². The highest BCUT2D eigenvalue weighted by atomic mass is 32.2. The molecule has 0 radical (unpaired) electrons. The number of carbonyl (C=O) groups excluding carboxylic acids is 1. The van der Waals surface area contributed by atoms with Crippen LogP contribution >= 0.6 is 0 Å². The second kappa shape index (κ2) is 7.68. The fourth-order valence-electron chi connectivity index (χ4n) is 2.54. The Morgan fingerprint density at radius 1 is 1.22 bits per heavy atom. The number of sulfonamides is 1. The summed E-state index contributed by atoms with van der Waals surface area (Å²) in [6.07, 6.45) is 3.28. The van der Waals surface area contributed by atoms with Crippen molar-refractivity contribution in [1.29, 1.82) is 0 Å². The number of fused-ring (bicyclic) bond motifs is 1. The Balaban J connectivity index is 1.73. The van der Waals surface area contributed by atoms with Gasteiger partial charge in [-0.05, 0) is 43.3 Å². The van der Waals surface area contributed by atoms with Crippen molar-refractivity contribution in [3.63, 3.8) is 0 Å². The van der Waals surface area contributed by atoms with Crippen LogP contribution < -0.4 is 10.0 Å². The van der Waals surface area contributed by atoms with Crippen LogP contribution in [0.15, 0.2) is 66.2 Å². The highest BCUT2D eigenvalue weighted by molar-refractivity contribution is 7.89. The number of benzene rings is 1. The van der Waals surface area contributed by atoms with Crippen molar-refractivity contribution in [2.24, 2.45) is 0 Å². The molecule has 27 heavy (non-hydrogen) atoms. The highest BCUT2D eigenvalue weighted by Crippen LogP contribution is 2.14. The number of nitrogens with one attached hydrogen (secondary N) is 2. The molecule has 3 aromatic rings. The maximum absolute atomic E-state index is 12.5. The van der Waals surface area contributed by atoms with Gasteiger partial charge in [-0.3, -0.25) is 9.20 Å². The molecule has 0 bridgehead atoms. The summed E-state index contributed by atoms with van der Waals surface area (Å²) in [7, 11) is -3.62. The lowest BCUT2D eigenvalue weighted by atomic mass is 10.2. The topological polar surface area (TPSA) is 105 Å². The third kappa shape index (κ3) is 4.04. The number of nitrogens with zero attached hydrogens (tertiary/aromatic N) is 3. The molecule has 0 aliphatic carbocycles. The van der Waals surface area contributed by atoms with Gasteiger partial charge in [0.05, 0.1) is 10.9 Å². The van der Waals surface area contributed by atoms with Gasteiger partial charge in [0.1, 0.15) is 0 Å². The highest BCUT2D eigenvalue weighted by Gasteiger charge is 2.18. The van der Waals surface area contributed by atoms with Crippen molar-refractivity contribution in [1.82, 2.24) is 24.6 Å². The van der Waals surface area contributed by atoms with E-state index in [1.165, 1.54) is 30.3 Å². The molecule has 0 aliphatic heterocycles. The molecule has 9 heteroatoms. The van der Waals surface area contributed by atoms with Crippen molar-refractivity contribution in [3.05, 3.63) is 72.7 Å². The molecule has 2 heterocycles. The predicted octanol–water partition coefficient (Wildman–Crippen LogP) is 1.68. The lowest BCUT2D eigenvalue weighted by Gasteiger charge is -2.13. The van der Waals surface area contributed by atoms with Crippen LogP contribution in [0.3, 0.4) is 0 Å². The largest absolute Gasteiger partial charge is 0.342 e. The summed E-state index contributed by atoms with van der Waals surface area (Å²) in [5, 5.41) is 11.0. The third-order valence-corrected chi connectivity index (χ3v) is 5.36. The van der Waals surface area contributed by atoms with Crippen LogP contribution in [0.1, 0.15) is 29.1 Å². The van der Waals surface area contributed by atoms with Crippen molar-refractivity contribution in [2.75, 3.05) is 6.54 Å². The number of rotatable bonds is 7. The molecule has 3 rings (SSSR count). The summed E-state index contributed by atoms with van der Waals surface area (Å²) in [4.78, 5) is 12.6. The monoisotopic (exact) mass is 385 g/mol. The Bertz CT molecular complexity index is 1070. The zero-order valence-electron chi connectivity index (χ0n) is 14.7. The SMILES string of the molecule is C=CCNS(=O)(=O)c1ccc(C(=O)NC(C)c2nnc3ccccn23)cc1. The average molecular weight is 385 g/mol. The van der Waals surface area contributed by atoms with Crippen LogP contribution in [0.5, 0.6) is 0 Å². The van der Waals surface area contributed by atoms with E-state index < -0.39 is 10.0 Å². The molecule has 1 aromatic carbocycles. The number of aromatic nitrogens is 3. The number of amides is 1. The van der Waals surface area contributed by atoms with E-state index in [4.69, 9.17) is 0 Å². The Kier molecular flexibility index (Phi) is 5.33. The van der Waals surface area contributed by atoms with Crippen LogP contribution in [-0.4, -0.2) is 35.5 Å². The van der Waals surface area contributed by atoms with E-state index in [2.05, 4.69) is 26.8 Å². The molecule has 2 aromatic heterocycles. The number of carbonyl (C=O) groups is 1. The minimum absolute atomic E-state index is 0.0809. The smallest absolute Gasteiger partial charge is 0.251 e. The maximum Gasteiger partial charge on any atom is 0.251 e. The molecule has 140 valence electrons. The first kappa shape index (κ1) is 18.7. The van der Waals surface area contributed by atoms with E-state index >= 15 is 0 Å². The first-order valence-electron chi connectivity index (χ1n) is 8.23. The minimum Gasteiger partial charge on any atom is -0.342 e. The van der Waals surface area contributed by atoms with Crippen molar-refractivity contribution in [3.8, 4) is 0 Å². The number of hydrogen-bond acceptors (Lipinski definition) is 5. The fourth-order valence-corrected chi connectivity index (χ4v) is 3.54. The number of hydrogen-bond donors (Lipinski definition) is 2. The molecule has 8 nitrogen and oxygen atoms in total. The van der Waals surface area contributed by atoms with E-state index in [0.717, 1.165) is 0 Å². The molecule has 1 atom stereocenters. The van der Waals surface area contributed by atoms with Gasteiger partial charge in [-0.15, -0.1) is 16.8 Å². The zero-order chi connectivity index (χ0) is 19.4. The summed E-state index contributed by atoms with van der Waals surface area (Å²) < 4.78 is 28.3. The minimum atomic E-state index is -3.62. The molecule has 1 unspecified atom stereocenters. The Hall–Kier alpha value is -3.04. The van der Waals surface area contributed by atoms with E-state index in [9.17, 15) is 13.2 Å². The van der Waals surface area contributed by atoms with E-state index in [0.29, 0.717) is 17.0 Å². The molecule has 0 spiro atoms. The molecule has 0 aliphatic rings. The predicted molar refractivity (Wildman–Crippen MR) is 101 cm³/mol. The van der Waals surface area contributed by atoms with Crippen LogP contribution in [-0.2, 0) is 10.0 Å². The summed E-state index contributed by atoms with van der Waals surface area (Å²) in [6.45, 7) is 5.41. The van der Waals surface area contributed by atoms with Gasteiger partial charge in [0.25, 0.3) is 5.91 Å². The molecular formula is C18H19N5O3S. The summed E-state index contributed by atoms with van der Waals surface area (Å²) in [5.74, 6) is 0.268. The normalized spacial score (nSPS) is 12.6. The lowest BCUT2D eigenvalue weighted by Crippen LogP contribution is -2.28. The maximum atomic E-state index is 12.5. The quantitative estimate of drug-likeness (QED) is 0.602. The Morgan fingerprint density at radius 2 is 1.96 bits per heavy atom. The Labute approximate surface area is 157 Å². The van der Waals surface area contributed by atoms with E-state index in [1.807, 2.05) is 24.4 Å². The van der Waals surface area contributed by atoms with Crippen LogP contribution in [0.2, 0.25) is 0 Å². The van der Waals surface area contributed by atoms with Crippen molar-refractivity contribution >= 4 is 21.6 Å². The molecule has 0 saturated carbocycles. The van der Waals surface area contributed by atoms with Gasteiger partial charge < -0.3 is 5.32 Å². The fraction of sp³-hybridized carbons (Fsp3) is 0.167. The van der Waals surface area contributed by atoms with Gasteiger partial charge >= 0.3 is 0 Å². The van der Waals surface area contributed by atoms with Crippen LogP contribution in [0.25, 0.3) is 5.65 Å². The average Bonchev–Trinajstić information content (AvgIpc) is 3.11.